The molecule has 2 aromatic carbocycles. The summed E-state index contributed by atoms with van der Waals surface area (Å²) in [6.45, 7) is 11.1. The molecule has 230 valence electrons. The maximum Gasteiger partial charge on any atom is 0.247 e. The van der Waals surface area contributed by atoms with Crippen LogP contribution in [-0.2, 0) is 11.8 Å². The van der Waals surface area contributed by atoms with Crippen molar-refractivity contribution in [2.75, 3.05) is 62.4 Å². The molecule has 6 rings (SSSR count). The lowest BCUT2D eigenvalue weighted by molar-refractivity contribution is -0.111. The molecule has 11 nitrogen and oxygen atoms in total. The van der Waals surface area contributed by atoms with Crippen molar-refractivity contribution in [2.45, 2.75) is 31.8 Å². The molecule has 2 fully saturated rings. The molecule has 2 aliphatic heterocycles. The number of rotatable bonds is 8. The van der Waals surface area contributed by atoms with E-state index in [1.54, 1.807) is 13.3 Å². The van der Waals surface area contributed by atoms with Gasteiger partial charge in [-0.15, -0.1) is 0 Å². The smallest absolute Gasteiger partial charge is 0.247 e. The van der Waals surface area contributed by atoms with Crippen molar-refractivity contribution in [2.24, 2.45) is 7.05 Å². The number of carbonyl (C=O) groups is 1. The van der Waals surface area contributed by atoms with Gasteiger partial charge in [-0.1, -0.05) is 12.6 Å². The highest BCUT2D eigenvalue weighted by molar-refractivity contribution is 6.02. The number of amides is 1. The van der Waals surface area contributed by atoms with Crippen molar-refractivity contribution < 1.29 is 9.53 Å². The summed E-state index contributed by atoms with van der Waals surface area (Å²) < 4.78 is 7.69. The Bertz CT molecular complexity index is 1660. The van der Waals surface area contributed by atoms with Crippen LogP contribution in [0, 0.1) is 0 Å². The molecule has 44 heavy (non-hydrogen) atoms. The summed E-state index contributed by atoms with van der Waals surface area (Å²) in [5.41, 5.74) is 5.05. The topological polar surface area (TPSA) is 104 Å². The molecule has 0 aliphatic carbocycles. The molecule has 1 amide bonds. The lowest BCUT2D eigenvalue weighted by Gasteiger charge is -2.45. The second-order valence-electron chi connectivity index (χ2n) is 11.7. The van der Waals surface area contributed by atoms with Gasteiger partial charge < -0.3 is 25.2 Å². The Labute approximate surface area is 258 Å². The third kappa shape index (κ3) is 6.11. The molecule has 0 unspecified atom stereocenters. The number of aromatic nitrogens is 4. The zero-order valence-corrected chi connectivity index (χ0v) is 26.0. The molecule has 2 N–H and O–H groups in total. The van der Waals surface area contributed by atoms with E-state index in [2.05, 4.69) is 62.0 Å². The van der Waals surface area contributed by atoms with Crippen LogP contribution >= 0.6 is 0 Å². The van der Waals surface area contributed by atoms with Gasteiger partial charge in [-0.3, -0.25) is 14.4 Å². The number of nitrogens with one attached hydrogen (secondary N) is 2. The van der Waals surface area contributed by atoms with Crippen LogP contribution in [0.2, 0.25) is 0 Å². The van der Waals surface area contributed by atoms with E-state index >= 15 is 0 Å². The van der Waals surface area contributed by atoms with Crippen LogP contribution in [0.15, 0.2) is 61.4 Å². The number of carbonyl (C=O) groups excluding carboxylic acids is 1. The van der Waals surface area contributed by atoms with Crippen LogP contribution in [0.3, 0.4) is 0 Å². The van der Waals surface area contributed by atoms with Gasteiger partial charge in [0.05, 0.1) is 41.6 Å². The number of aryl methyl sites for hydroxylation is 1. The van der Waals surface area contributed by atoms with Crippen LogP contribution in [0.25, 0.3) is 22.2 Å². The highest BCUT2D eigenvalue weighted by atomic mass is 16.5. The van der Waals surface area contributed by atoms with Crippen LogP contribution in [-0.4, -0.2) is 94.4 Å². The number of hydrogen-bond donors (Lipinski definition) is 2. The number of nitrogens with zero attached hydrogens (tertiary/aromatic N) is 7. The first-order valence-electron chi connectivity index (χ1n) is 15.2. The highest BCUT2D eigenvalue weighted by Gasteiger charge is 2.30. The molecule has 4 aromatic rings. The number of fused-ring (bicyclic) bond motifs is 1. The van der Waals surface area contributed by atoms with E-state index in [0.29, 0.717) is 35.2 Å². The zero-order valence-electron chi connectivity index (χ0n) is 26.0. The van der Waals surface area contributed by atoms with Crippen molar-refractivity contribution in [3.05, 3.63) is 61.4 Å². The molecule has 1 atom stereocenters. The highest BCUT2D eigenvalue weighted by Crippen LogP contribution is 2.39. The van der Waals surface area contributed by atoms with Crippen molar-refractivity contribution in [1.29, 1.82) is 0 Å². The van der Waals surface area contributed by atoms with Crippen molar-refractivity contribution >= 4 is 39.8 Å². The number of anilines is 4. The third-order valence-corrected chi connectivity index (χ3v) is 9.02. The van der Waals surface area contributed by atoms with Gasteiger partial charge in [-0.2, -0.15) is 5.10 Å². The molecule has 4 heterocycles. The summed E-state index contributed by atoms with van der Waals surface area (Å²) in [7, 11) is 5.78. The Hall–Kier alpha value is -4.48. The number of hydrogen-bond acceptors (Lipinski definition) is 9. The molecule has 0 radical (unpaired) electrons. The minimum absolute atomic E-state index is 0.271. The fraction of sp³-hybridized carbons (Fsp3) is 0.394. The molecule has 0 saturated carbocycles. The molecule has 11 heteroatoms. The molecule has 2 aliphatic rings. The Morgan fingerprint density at radius 3 is 2.64 bits per heavy atom. The quantitative estimate of drug-likeness (QED) is 0.285. The Kier molecular flexibility index (Phi) is 8.49. The fourth-order valence-corrected chi connectivity index (χ4v) is 6.28. The van der Waals surface area contributed by atoms with Gasteiger partial charge in [0, 0.05) is 75.1 Å². The second kappa shape index (κ2) is 12.6. The summed E-state index contributed by atoms with van der Waals surface area (Å²) in [4.78, 5) is 29.2. The SMILES string of the molecule is C=CC(=O)Nc1cc(Nc2nccc(-c3ccc4c(cnn4C)c3)n2)c(OC)cc1N1CCC(N2CCN(C)[C@H](C)C2)CC1. The Morgan fingerprint density at radius 1 is 1.07 bits per heavy atom. The lowest BCUT2D eigenvalue weighted by atomic mass is 10.00. The van der Waals surface area contributed by atoms with E-state index in [0.717, 1.165) is 73.4 Å². The monoisotopic (exact) mass is 595 g/mol. The first-order chi connectivity index (χ1) is 21.3. The van der Waals surface area contributed by atoms with Crippen LogP contribution < -0.4 is 20.3 Å². The standard InChI is InChI=1S/C33H41N9O2/c1-6-32(43)36-27-18-28(38-33-34-12-9-26(37-33)23-7-8-29-24(17-23)20-35-40(29)4)31(44-5)19-30(27)41-13-10-25(11-14-41)42-16-15-39(3)22(2)21-42/h6-9,12,17-20,22,25H,1,10-11,13-16,21H2,2-5H3,(H,36,43)(H,34,37,38)/t22-/m1/s1. The van der Waals surface area contributed by atoms with E-state index in [-0.39, 0.29) is 5.91 Å². The number of piperazine rings is 1. The minimum atomic E-state index is -0.271. The molecule has 2 saturated heterocycles. The summed E-state index contributed by atoms with van der Waals surface area (Å²) in [6, 6.07) is 13.0. The van der Waals surface area contributed by atoms with Gasteiger partial charge in [0.2, 0.25) is 11.9 Å². The van der Waals surface area contributed by atoms with E-state index in [4.69, 9.17) is 9.72 Å². The molecular formula is C33H41N9O2. The predicted octanol–water partition coefficient (Wildman–Crippen LogP) is 4.51. The summed E-state index contributed by atoms with van der Waals surface area (Å²) in [5.74, 6) is 0.785. The van der Waals surface area contributed by atoms with E-state index in [9.17, 15) is 4.79 Å². The summed E-state index contributed by atoms with van der Waals surface area (Å²) in [5, 5.41) is 11.7. The Morgan fingerprint density at radius 2 is 1.89 bits per heavy atom. The van der Waals surface area contributed by atoms with Crippen molar-refractivity contribution in [3.8, 4) is 17.0 Å². The van der Waals surface area contributed by atoms with Gasteiger partial charge in [0.15, 0.2) is 0 Å². The number of benzene rings is 2. The maximum absolute atomic E-state index is 12.5. The molecule has 0 spiro atoms. The minimum Gasteiger partial charge on any atom is -0.494 e. The molecule has 2 aromatic heterocycles. The van der Waals surface area contributed by atoms with Crippen molar-refractivity contribution in [1.82, 2.24) is 29.5 Å². The molecular weight excluding hydrogens is 554 g/mol. The van der Waals surface area contributed by atoms with Gasteiger partial charge >= 0.3 is 0 Å². The van der Waals surface area contributed by atoms with E-state index < -0.39 is 0 Å². The number of ether oxygens (including phenoxy) is 1. The Balaban J connectivity index is 1.24. The van der Waals surface area contributed by atoms with Gasteiger partial charge in [-0.25, -0.2) is 9.97 Å². The average Bonchev–Trinajstić information content (AvgIpc) is 3.42. The van der Waals surface area contributed by atoms with Crippen LogP contribution in [0.5, 0.6) is 5.75 Å². The van der Waals surface area contributed by atoms with Gasteiger partial charge in [-0.05, 0) is 57.2 Å². The van der Waals surface area contributed by atoms with Crippen LogP contribution in [0.4, 0.5) is 23.0 Å². The maximum atomic E-state index is 12.5. The largest absolute Gasteiger partial charge is 0.494 e. The number of likely N-dealkylation sites (N-methyl/N-ethyl adjacent to an activating group) is 1. The fourth-order valence-electron chi connectivity index (χ4n) is 6.28. The third-order valence-electron chi connectivity index (χ3n) is 9.02. The van der Waals surface area contributed by atoms with Gasteiger partial charge in [0.25, 0.3) is 0 Å². The predicted molar refractivity (Wildman–Crippen MR) is 176 cm³/mol. The number of piperidine rings is 1. The lowest BCUT2D eigenvalue weighted by Crippen LogP contribution is -2.55. The van der Waals surface area contributed by atoms with Crippen LogP contribution in [0.1, 0.15) is 19.8 Å². The second-order valence-corrected chi connectivity index (χ2v) is 11.7. The average molecular weight is 596 g/mol. The number of methoxy groups -OCH3 is 1. The summed E-state index contributed by atoms with van der Waals surface area (Å²) >= 11 is 0. The zero-order chi connectivity index (χ0) is 30.8. The first-order valence-corrected chi connectivity index (χ1v) is 15.2. The van der Waals surface area contributed by atoms with Gasteiger partial charge in [0.1, 0.15) is 5.75 Å². The molecule has 0 bridgehead atoms. The normalized spacial score (nSPS) is 18.4. The van der Waals surface area contributed by atoms with E-state index in [1.807, 2.05) is 48.3 Å². The van der Waals surface area contributed by atoms with E-state index in [1.165, 1.54) is 6.08 Å². The summed E-state index contributed by atoms with van der Waals surface area (Å²) in [6.07, 6.45) is 7.00. The first kappa shape index (κ1) is 29.6. The van der Waals surface area contributed by atoms with Crippen molar-refractivity contribution in [3.63, 3.8) is 0 Å².